The van der Waals surface area contributed by atoms with Gasteiger partial charge in [0.25, 0.3) is 0 Å². The summed E-state index contributed by atoms with van der Waals surface area (Å²) in [4.78, 5) is 6.78. The maximum absolute atomic E-state index is 6.10. The van der Waals surface area contributed by atoms with E-state index in [0.29, 0.717) is 10.8 Å². The number of benzene rings is 2. The number of ether oxygens (including phenoxy) is 2. The zero-order valence-electron chi connectivity index (χ0n) is 13.0. The minimum atomic E-state index is 0.560. The molecule has 5 heteroatoms. The third-order valence-corrected chi connectivity index (χ3v) is 4.06. The second-order valence-electron chi connectivity index (χ2n) is 5.27. The highest BCUT2D eigenvalue weighted by atomic mass is 35.5. The fourth-order valence-corrected chi connectivity index (χ4v) is 2.73. The van der Waals surface area contributed by atoms with Gasteiger partial charge < -0.3 is 14.4 Å². The second kappa shape index (κ2) is 7.49. The molecule has 23 heavy (non-hydrogen) atoms. The summed E-state index contributed by atoms with van der Waals surface area (Å²) in [5.74, 6) is 0.653. The lowest BCUT2D eigenvalue weighted by molar-refractivity contribution is 0.122. The summed E-state index contributed by atoms with van der Waals surface area (Å²) in [7, 11) is 1.60. The van der Waals surface area contributed by atoms with E-state index in [1.54, 1.807) is 13.2 Å². The highest BCUT2D eigenvalue weighted by Crippen LogP contribution is 2.28. The summed E-state index contributed by atoms with van der Waals surface area (Å²) in [5, 5.41) is 0.560. The molecule has 0 aliphatic carbocycles. The number of nitrogens with zero attached hydrogens (tertiary/aromatic N) is 2. The Bertz CT molecular complexity index is 680. The summed E-state index contributed by atoms with van der Waals surface area (Å²) in [6.45, 7) is 3.47. The fraction of sp³-hybridized carbons (Fsp3) is 0.278. The van der Waals surface area contributed by atoms with Gasteiger partial charge in [-0.15, -0.1) is 0 Å². The van der Waals surface area contributed by atoms with Crippen molar-refractivity contribution < 1.29 is 9.47 Å². The molecule has 2 aromatic carbocycles. The van der Waals surface area contributed by atoms with Gasteiger partial charge in [0.2, 0.25) is 0 Å². The molecule has 1 heterocycles. The molecule has 0 saturated carbocycles. The van der Waals surface area contributed by atoms with Crippen molar-refractivity contribution in [3.8, 4) is 5.75 Å². The van der Waals surface area contributed by atoms with Crippen molar-refractivity contribution in [3.63, 3.8) is 0 Å². The molecule has 120 valence electrons. The molecule has 0 N–H and O–H groups in total. The number of morpholine rings is 1. The molecule has 0 unspecified atom stereocenters. The van der Waals surface area contributed by atoms with Crippen LogP contribution in [0.5, 0.6) is 5.75 Å². The van der Waals surface area contributed by atoms with Gasteiger partial charge in [-0.2, -0.15) is 0 Å². The molecule has 0 radical (unpaired) electrons. The molecular formula is C18H19ClN2O2. The van der Waals surface area contributed by atoms with Gasteiger partial charge in [0, 0.05) is 25.0 Å². The van der Waals surface area contributed by atoms with Crippen molar-refractivity contribution in [3.05, 3.63) is 53.1 Å². The number of aliphatic imine (C=N–C) groups is 1. The Morgan fingerprint density at radius 1 is 1.13 bits per heavy atom. The van der Waals surface area contributed by atoms with E-state index < -0.39 is 0 Å². The third kappa shape index (κ3) is 4.03. The number of hydrogen-bond donors (Lipinski definition) is 0. The minimum Gasteiger partial charge on any atom is -0.495 e. The van der Waals surface area contributed by atoms with Gasteiger partial charge in [0.05, 0.1) is 31.0 Å². The minimum absolute atomic E-state index is 0.560. The number of rotatable bonds is 4. The first-order valence-electron chi connectivity index (χ1n) is 7.56. The number of anilines is 1. The second-order valence-corrected chi connectivity index (χ2v) is 5.68. The van der Waals surface area contributed by atoms with E-state index in [9.17, 15) is 0 Å². The van der Waals surface area contributed by atoms with E-state index in [4.69, 9.17) is 21.1 Å². The van der Waals surface area contributed by atoms with Crippen LogP contribution in [-0.2, 0) is 4.74 Å². The van der Waals surface area contributed by atoms with Crippen LogP contribution in [0.25, 0.3) is 0 Å². The van der Waals surface area contributed by atoms with Crippen LogP contribution in [0.3, 0.4) is 0 Å². The highest BCUT2D eigenvalue weighted by molar-refractivity contribution is 6.32. The number of hydrogen-bond acceptors (Lipinski definition) is 4. The van der Waals surface area contributed by atoms with Crippen molar-refractivity contribution >= 4 is 29.2 Å². The number of methoxy groups -OCH3 is 1. The summed E-state index contributed by atoms with van der Waals surface area (Å²) < 4.78 is 10.5. The molecule has 1 fully saturated rings. The van der Waals surface area contributed by atoms with E-state index in [-0.39, 0.29) is 0 Å². The van der Waals surface area contributed by atoms with Crippen molar-refractivity contribution in [1.82, 2.24) is 0 Å². The predicted octanol–water partition coefficient (Wildman–Crippen LogP) is 3.94. The van der Waals surface area contributed by atoms with Gasteiger partial charge in [0.1, 0.15) is 5.75 Å². The van der Waals surface area contributed by atoms with Gasteiger partial charge >= 0.3 is 0 Å². The zero-order chi connectivity index (χ0) is 16.1. The monoisotopic (exact) mass is 330 g/mol. The Hall–Kier alpha value is -2.04. The quantitative estimate of drug-likeness (QED) is 0.796. The third-order valence-electron chi connectivity index (χ3n) is 3.77. The average Bonchev–Trinajstić information content (AvgIpc) is 2.61. The molecule has 1 aliphatic rings. The molecule has 0 bridgehead atoms. The van der Waals surface area contributed by atoms with Crippen LogP contribution in [0.1, 0.15) is 5.56 Å². The largest absolute Gasteiger partial charge is 0.495 e. The normalized spacial score (nSPS) is 15.1. The first-order chi connectivity index (χ1) is 11.3. The van der Waals surface area contributed by atoms with Gasteiger partial charge in [-0.3, -0.25) is 4.99 Å². The first-order valence-corrected chi connectivity index (χ1v) is 7.94. The fourth-order valence-electron chi connectivity index (χ4n) is 2.48. The predicted molar refractivity (Wildman–Crippen MR) is 94.7 cm³/mol. The van der Waals surface area contributed by atoms with Crippen LogP contribution in [0.15, 0.2) is 47.5 Å². The lowest BCUT2D eigenvalue weighted by Gasteiger charge is -2.28. The van der Waals surface area contributed by atoms with Crippen molar-refractivity contribution in [2.24, 2.45) is 4.99 Å². The van der Waals surface area contributed by atoms with Gasteiger partial charge in [-0.25, -0.2) is 0 Å². The lowest BCUT2D eigenvalue weighted by atomic mass is 10.2. The summed E-state index contributed by atoms with van der Waals surface area (Å²) in [6, 6.07) is 13.9. The SMILES string of the molecule is COc1ccc(N=Cc2ccc(N3CCOCC3)cc2)cc1Cl. The van der Waals surface area contributed by atoms with E-state index in [1.165, 1.54) is 5.69 Å². The Balaban J connectivity index is 1.68. The summed E-state index contributed by atoms with van der Waals surface area (Å²) >= 11 is 6.10. The molecule has 1 aliphatic heterocycles. The molecule has 2 aromatic rings. The first kappa shape index (κ1) is 15.8. The lowest BCUT2D eigenvalue weighted by Crippen LogP contribution is -2.36. The molecule has 0 spiro atoms. The smallest absolute Gasteiger partial charge is 0.137 e. The molecule has 1 saturated heterocycles. The van der Waals surface area contributed by atoms with Crippen LogP contribution < -0.4 is 9.64 Å². The Labute approximate surface area is 141 Å². The van der Waals surface area contributed by atoms with Gasteiger partial charge in [-0.1, -0.05) is 23.7 Å². The van der Waals surface area contributed by atoms with Crippen molar-refractivity contribution in [2.45, 2.75) is 0 Å². The van der Waals surface area contributed by atoms with E-state index in [1.807, 2.05) is 18.3 Å². The average molecular weight is 331 g/mol. The van der Waals surface area contributed by atoms with Gasteiger partial charge in [0.15, 0.2) is 0 Å². The Morgan fingerprint density at radius 3 is 2.52 bits per heavy atom. The Morgan fingerprint density at radius 2 is 1.87 bits per heavy atom. The maximum atomic E-state index is 6.10. The highest BCUT2D eigenvalue weighted by Gasteiger charge is 2.10. The standard InChI is InChI=1S/C18H19ClN2O2/c1-22-18-7-4-15(12-17(18)19)20-13-14-2-5-16(6-3-14)21-8-10-23-11-9-21/h2-7,12-13H,8-11H2,1H3. The van der Waals surface area contributed by atoms with Gasteiger partial charge in [-0.05, 0) is 35.9 Å². The zero-order valence-corrected chi connectivity index (χ0v) is 13.8. The summed E-state index contributed by atoms with van der Waals surface area (Å²) in [5.41, 5.74) is 3.07. The topological polar surface area (TPSA) is 34.1 Å². The molecule has 0 amide bonds. The molecular weight excluding hydrogens is 312 g/mol. The van der Waals surface area contributed by atoms with Crippen molar-refractivity contribution in [1.29, 1.82) is 0 Å². The molecule has 0 atom stereocenters. The van der Waals surface area contributed by atoms with E-state index >= 15 is 0 Å². The maximum Gasteiger partial charge on any atom is 0.137 e. The molecule has 4 nitrogen and oxygen atoms in total. The van der Waals surface area contributed by atoms with Crippen LogP contribution in [0, 0.1) is 0 Å². The summed E-state index contributed by atoms with van der Waals surface area (Å²) in [6.07, 6.45) is 1.83. The van der Waals surface area contributed by atoms with Crippen LogP contribution in [0.2, 0.25) is 5.02 Å². The molecule has 3 rings (SSSR count). The molecule has 0 aromatic heterocycles. The Kier molecular flexibility index (Phi) is 5.16. The van der Waals surface area contributed by atoms with Crippen LogP contribution in [-0.4, -0.2) is 39.6 Å². The number of halogens is 1. The van der Waals surface area contributed by atoms with Crippen LogP contribution in [0.4, 0.5) is 11.4 Å². The van der Waals surface area contributed by atoms with E-state index in [2.05, 4.69) is 34.2 Å². The van der Waals surface area contributed by atoms with Crippen LogP contribution >= 0.6 is 11.6 Å². The van der Waals surface area contributed by atoms with Crippen molar-refractivity contribution in [2.75, 3.05) is 38.3 Å². The van der Waals surface area contributed by atoms with E-state index in [0.717, 1.165) is 37.6 Å².